The van der Waals surface area contributed by atoms with E-state index in [0.717, 1.165) is 11.4 Å². The van der Waals surface area contributed by atoms with Gasteiger partial charge in [-0.05, 0) is 109 Å². The van der Waals surface area contributed by atoms with Gasteiger partial charge in [-0.2, -0.15) is 0 Å². The molecule has 0 radical (unpaired) electrons. The lowest BCUT2D eigenvalue weighted by molar-refractivity contribution is 0.660. The molecule has 1 aromatic heterocycles. The monoisotopic (exact) mass is 811 g/mol. The van der Waals surface area contributed by atoms with Gasteiger partial charge in [-0.1, -0.05) is 191 Å². The van der Waals surface area contributed by atoms with Crippen LogP contribution in [0.2, 0.25) is 0 Å². The fraction of sp³-hybridized carbons (Fsp3) is 0.100. The standard InChI is InChI=1S/C60H45NS/c1-59(2)51-26-11-7-20-44(51)46-36-33-39(37-53(46)59)42-18-9-13-28-54(42)61(55-29-16-25-50-47-22-10-14-30-56(47)62-58(50)55)40-34-31-38(32-35-40)41-17-5-6-19-43(41)48-23-15-24-49-45-21-8-12-27-52(45)60(3,4)57(48)49/h5-37H,1-4H3. The molecule has 0 saturated heterocycles. The molecule has 0 bridgehead atoms. The maximum Gasteiger partial charge on any atom is 0.0640 e. The maximum absolute atomic E-state index is 2.50. The fourth-order valence-electron chi connectivity index (χ4n) is 10.9. The van der Waals surface area contributed by atoms with Crippen LogP contribution in [0.1, 0.15) is 49.9 Å². The van der Waals surface area contributed by atoms with Crippen molar-refractivity contribution in [2.75, 3.05) is 4.90 Å². The average Bonchev–Trinajstić information content (AvgIpc) is 3.90. The van der Waals surface area contributed by atoms with Crippen molar-refractivity contribution < 1.29 is 0 Å². The van der Waals surface area contributed by atoms with Gasteiger partial charge in [0, 0.05) is 37.6 Å². The fourth-order valence-corrected chi connectivity index (χ4v) is 12.1. The van der Waals surface area contributed by atoms with Gasteiger partial charge in [-0.15, -0.1) is 11.3 Å². The van der Waals surface area contributed by atoms with Gasteiger partial charge in [0.05, 0.1) is 16.1 Å². The highest BCUT2D eigenvalue weighted by atomic mass is 32.1. The molecule has 0 amide bonds. The van der Waals surface area contributed by atoms with Crippen LogP contribution in [0.4, 0.5) is 17.1 Å². The molecule has 0 N–H and O–H groups in total. The van der Waals surface area contributed by atoms with E-state index in [4.69, 9.17) is 0 Å². The highest BCUT2D eigenvalue weighted by molar-refractivity contribution is 7.26. The smallest absolute Gasteiger partial charge is 0.0640 e. The second kappa shape index (κ2) is 13.8. The summed E-state index contributed by atoms with van der Waals surface area (Å²) >= 11 is 1.88. The average molecular weight is 812 g/mol. The molecule has 0 aliphatic heterocycles. The molecule has 10 aromatic rings. The number of para-hydroxylation sites is 1. The molecule has 12 rings (SSSR count). The summed E-state index contributed by atoms with van der Waals surface area (Å²) in [6.45, 7) is 9.49. The summed E-state index contributed by atoms with van der Waals surface area (Å²) < 4.78 is 2.58. The van der Waals surface area contributed by atoms with E-state index in [1.54, 1.807) is 0 Å². The van der Waals surface area contributed by atoms with Crippen LogP contribution < -0.4 is 4.90 Å². The summed E-state index contributed by atoms with van der Waals surface area (Å²) in [5.41, 5.74) is 21.6. The summed E-state index contributed by atoms with van der Waals surface area (Å²) in [5, 5.41) is 2.59. The minimum atomic E-state index is -0.112. The Balaban J connectivity index is 1.02. The van der Waals surface area contributed by atoms with E-state index in [-0.39, 0.29) is 10.8 Å². The molecule has 0 unspecified atom stereocenters. The van der Waals surface area contributed by atoms with Crippen LogP contribution in [-0.2, 0) is 10.8 Å². The predicted molar refractivity (Wildman–Crippen MR) is 265 cm³/mol. The first-order valence-electron chi connectivity index (χ1n) is 21.8. The molecular weight excluding hydrogens is 767 g/mol. The van der Waals surface area contributed by atoms with Crippen LogP contribution in [0.3, 0.4) is 0 Å². The van der Waals surface area contributed by atoms with Crippen LogP contribution in [-0.4, -0.2) is 0 Å². The number of rotatable bonds is 6. The second-order valence-electron chi connectivity index (χ2n) is 18.0. The van der Waals surface area contributed by atoms with Crippen molar-refractivity contribution in [2.24, 2.45) is 0 Å². The van der Waals surface area contributed by atoms with Crippen molar-refractivity contribution in [1.29, 1.82) is 0 Å². The summed E-state index contributed by atoms with van der Waals surface area (Å²) in [6.07, 6.45) is 0. The van der Waals surface area contributed by atoms with E-state index in [1.807, 2.05) is 11.3 Å². The molecular formula is C60H45NS. The van der Waals surface area contributed by atoms with Gasteiger partial charge in [0.1, 0.15) is 0 Å². The summed E-state index contributed by atoms with van der Waals surface area (Å²) in [5.74, 6) is 0. The number of hydrogen-bond donors (Lipinski definition) is 0. The molecule has 2 aliphatic carbocycles. The second-order valence-corrected chi connectivity index (χ2v) is 19.1. The molecule has 0 atom stereocenters. The van der Waals surface area contributed by atoms with Crippen LogP contribution in [0.25, 0.3) is 75.8 Å². The van der Waals surface area contributed by atoms with Crippen molar-refractivity contribution in [3.63, 3.8) is 0 Å². The minimum absolute atomic E-state index is 0.0923. The highest BCUT2D eigenvalue weighted by Gasteiger charge is 2.38. The van der Waals surface area contributed by atoms with E-state index < -0.39 is 0 Å². The van der Waals surface area contributed by atoms with Crippen molar-refractivity contribution in [3.05, 3.63) is 222 Å². The molecule has 2 aliphatic rings. The number of anilines is 3. The first-order valence-corrected chi connectivity index (χ1v) is 22.6. The Morgan fingerprint density at radius 1 is 0.355 bits per heavy atom. The first-order chi connectivity index (χ1) is 30.3. The summed E-state index contributed by atoms with van der Waals surface area (Å²) in [6, 6.07) is 74.7. The number of thiophene rings is 1. The molecule has 2 heteroatoms. The SMILES string of the molecule is CC1(C)c2ccccc2-c2ccc(-c3ccccc3N(c3ccc(-c4ccccc4-c4cccc5c4C(C)(C)c4ccccc4-5)cc3)c3cccc4c3sc3ccccc34)cc21. The zero-order valence-electron chi connectivity index (χ0n) is 35.4. The topological polar surface area (TPSA) is 3.24 Å². The lowest BCUT2D eigenvalue weighted by Crippen LogP contribution is -2.16. The third kappa shape index (κ3) is 5.39. The number of nitrogens with zero attached hydrogens (tertiary/aromatic N) is 1. The van der Waals surface area contributed by atoms with Crippen LogP contribution >= 0.6 is 11.3 Å². The Labute approximate surface area is 368 Å². The Hall–Kier alpha value is -7.00. The largest absolute Gasteiger partial charge is 0.308 e. The Morgan fingerprint density at radius 3 is 1.65 bits per heavy atom. The van der Waals surface area contributed by atoms with Crippen molar-refractivity contribution in [3.8, 4) is 55.6 Å². The van der Waals surface area contributed by atoms with E-state index in [9.17, 15) is 0 Å². The Kier molecular flexibility index (Phi) is 8.17. The first kappa shape index (κ1) is 36.8. The molecule has 296 valence electrons. The Morgan fingerprint density at radius 2 is 0.871 bits per heavy atom. The van der Waals surface area contributed by atoms with E-state index >= 15 is 0 Å². The molecule has 0 spiro atoms. The molecule has 62 heavy (non-hydrogen) atoms. The quantitative estimate of drug-likeness (QED) is 0.162. The maximum atomic E-state index is 2.50. The normalized spacial score (nSPS) is 14.1. The van der Waals surface area contributed by atoms with E-state index in [2.05, 4.69) is 233 Å². The van der Waals surface area contributed by atoms with E-state index in [1.165, 1.54) is 104 Å². The van der Waals surface area contributed by atoms with Crippen LogP contribution in [0, 0.1) is 0 Å². The van der Waals surface area contributed by atoms with Crippen LogP contribution in [0.15, 0.2) is 200 Å². The lowest BCUT2D eigenvalue weighted by Gasteiger charge is -2.29. The predicted octanol–water partition coefficient (Wildman–Crippen LogP) is 17.1. The molecule has 1 heterocycles. The molecule has 0 saturated carbocycles. The van der Waals surface area contributed by atoms with Gasteiger partial charge < -0.3 is 4.90 Å². The van der Waals surface area contributed by atoms with Crippen molar-refractivity contribution in [1.82, 2.24) is 0 Å². The number of benzene rings is 9. The molecule has 1 nitrogen and oxygen atoms in total. The minimum Gasteiger partial charge on any atom is -0.308 e. The van der Waals surface area contributed by atoms with Gasteiger partial charge in [-0.3, -0.25) is 0 Å². The van der Waals surface area contributed by atoms with Crippen LogP contribution in [0.5, 0.6) is 0 Å². The third-order valence-electron chi connectivity index (χ3n) is 13.9. The van der Waals surface area contributed by atoms with Crippen molar-refractivity contribution in [2.45, 2.75) is 38.5 Å². The van der Waals surface area contributed by atoms with Gasteiger partial charge in [0.15, 0.2) is 0 Å². The molecule has 9 aromatic carbocycles. The zero-order valence-corrected chi connectivity index (χ0v) is 36.2. The Bertz CT molecular complexity index is 3420. The van der Waals surface area contributed by atoms with E-state index in [0.29, 0.717) is 0 Å². The molecule has 0 fully saturated rings. The van der Waals surface area contributed by atoms with Gasteiger partial charge in [0.25, 0.3) is 0 Å². The number of hydrogen-bond acceptors (Lipinski definition) is 2. The summed E-state index contributed by atoms with van der Waals surface area (Å²) in [7, 11) is 0. The number of fused-ring (bicyclic) bond motifs is 9. The third-order valence-corrected chi connectivity index (χ3v) is 15.1. The van der Waals surface area contributed by atoms with Crippen molar-refractivity contribution >= 4 is 48.6 Å². The van der Waals surface area contributed by atoms with Gasteiger partial charge in [-0.25, -0.2) is 0 Å². The zero-order chi connectivity index (χ0) is 41.7. The van der Waals surface area contributed by atoms with Gasteiger partial charge in [0.2, 0.25) is 0 Å². The van der Waals surface area contributed by atoms with Gasteiger partial charge >= 0.3 is 0 Å². The highest BCUT2D eigenvalue weighted by Crippen LogP contribution is 2.54. The summed E-state index contributed by atoms with van der Waals surface area (Å²) in [4.78, 5) is 2.50. The lowest BCUT2D eigenvalue weighted by atomic mass is 9.78.